The molecule has 0 amide bonds. The van der Waals surface area contributed by atoms with Gasteiger partial charge < -0.3 is 5.73 Å². The maximum atomic E-state index is 12.2. The molecule has 2 aromatic rings. The van der Waals surface area contributed by atoms with E-state index in [1.165, 1.54) is 18.2 Å². The van der Waals surface area contributed by atoms with Crippen molar-refractivity contribution < 1.29 is 9.72 Å². The van der Waals surface area contributed by atoms with Crippen molar-refractivity contribution in [1.29, 1.82) is 0 Å². The van der Waals surface area contributed by atoms with Gasteiger partial charge in [-0.1, -0.05) is 12.1 Å². The van der Waals surface area contributed by atoms with Crippen LogP contribution in [0.4, 0.5) is 11.5 Å². The number of benzene rings is 1. The van der Waals surface area contributed by atoms with E-state index in [1.54, 1.807) is 13.0 Å². The number of nitro groups is 1. The van der Waals surface area contributed by atoms with Crippen LogP contribution in [-0.2, 0) is 0 Å². The molecule has 0 aliphatic rings. The molecule has 0 fully saturated rings. The molecule has 92 valence electrons. The predicted molar refractivity (Wildman–Crippen MR) is 67.8 cm³/mol. The molecule has 1 aromatic heterocycles. The molecule has 1 aromatic carbocycles. The first kappa shape index (κ1) is 12.2. The summed E-state index contributed by atoms with van der Waals surface area (Å²) in [6.07, 6.45) is 0. The van der Waals surface area contributed by atoms with Gasteiger partial charge in [0.05, 0.1) is 9.93 Å². The van der Waals surface area contributed by atoms with Gasteiger partial charge in [-0.15, -0.1) is 11.3 Å². The molecule has 0 saturated carbocycles. The van der Waals surface area contributed by atoms with Crippen LogP contribution < -0.4 is 5.73 Å². The Kier molecular flexibility index (Phi) is 3.07. The van der Waals surface area contributed by atoms with E-state index in [-0.39, 0.29) is 21.9 Å². The standard InChI is InChI=1S/C11H9N3O3S/c1-6-13-11(12)10(18-6)9(15)7-4-2-3-5-8(7)14(16)17/h2-5H,12H2,1H3. The smallest absolute Gasteiger partial charge is 0.280 e. The normalized spacial score (nSPS) is 10.3. The molecule has 0 bridgehead atoms. The van der Waals surface area contributed by atoms with Crippen LogP contribution in [0, 0.1) is 17.0 Å². The van der Waals surface area contributed by atoms with Crippen molar-refractivity contribution in [3.63, 3.8) is 0 Å². The van der Waals surface area contributed by atoms with Crippen molar-refractivity contribution in [2.45, 2.75) is 6.92 Å². The highest BCUT2D eigenvalue weighted by Crippen LogP contribution is 2.27. The van der Waals surface area contributed by atoms with Gasteiger partial charge in [-0.25, -0.2) is 4.98 Å². The van der Waals surface area contributed by atoms with Crippen molar-refractivity contribution in [2.75, 3.05) is 5.73 Å². The molecular formula is C11H9N3O3S. The van der Waals surface area contributed by atoms with Crippen molar-refractivity contribution in [3.05, 3.63) is 49.8 Å². The number of aryl methyl sites for hydroxylation is 1. The highest BCUT2D eigenvalue weighted by atomic mass is 32.1. The number of thiazole rings is 1. The zero-order chi connectivity index (χ0) is 13.3. The first-order chi connectivity index (χ1) is 8.50. The number of ketones is 1. The van der Waals surface area contributed by atoms with Crippen LogP contribution >= 0.6 is 11.3 Å². The monoisotopic (exact) mass is 263 g/mol. The van der Waals surface area contributed by atoms with E-state index in [0.717, 1.165) is 11.3 Å². The number of nitrogens with zero attached hydrogens (tertiary/aromatic N) is 2. The SMILES string of the molecule is Cc1nc(N)c(C(=O)c2ccccc2[N+](=O)[O-])s1. The van der Waals surface area contributed by atoms with Gasteiger partial charge in [0.1, 0.15) is 16.3 Å². The number of anilines is 1. The van der Waals surface area contributed by atoms with Gasteiger partial charge in [0.25, 0.3) is 5.69 Å². The quantitative estimate of drug-likeness (QED) is 0.519. The molecule has 2 rings (SSSR count). The molecule has 0 unspecified atom stereocenters. The summed E-state index contributed by atoms with van der Waals surface area (Å²) < 4.78 is 0. The van der Waals surface area contributed by atoms with Crippen molar-refractivity contribution in [1.82, 2.24) is 4.98 Å². The summed E-state index contributed by atoms with van der Waals surface area (Å²) in [7, 11) is 0. The number of carbonyl (C=O) groups is 1. The van der Waals surface area contributed by atoms with Gasteiger partial charge in [-0.3, -0.25) is 14.9 Å². The predicted octanol–water partition coefficient (Wildman–Crippen LogP) is 2.17. The number of para-hydroxylation sites is 1. The molecule has 0 atom stereocenters. The summed E-state index contributed by atoms with van der Waals surface area (Å²) in [5, 5.41) is 11.5. The first-order valence-corrected chi connectivity index (χ1v) is 5.83. The summed E-state index contributed by atoms with van der Waals surface area (Å²) in [6, 6.07) is 5.78. The Labute approximate surface area is 106 Å². The summed E-state index contributed by atoms with van der Waals surface area (Å²) >= 11 is 1.13. The third-order valence-electron chi connectivity index (χ3n) is 2.31. The molecule has 0 radical (unpaired) electrons. The lowest BCUT2D eigenvalue weighted by Crippen LogP contribution is -2.06. The Morgan fingerprint density at radius 1 is 1.44 bits per heavy atom. The number of nitro benzene ring substituents is 1. The number of nitrogen functional groups attached to an aromatic ring is 1. The van der Waals surface area contributed by atoms with Crippen LogP contribution in [-0.4, -0.2) is 15.7 Å². The molecule has 6 nitrogen and oxygen atoms in total. The fourth-order valence-corrected chi connectivity index (χ4v) is 2.35. The van der Waals surface area contributed by atoms with Gasteiger partial charge in [0.2, 0.25) is 5.78 Å². The second-order valence-electron chi connectivity index (χ2n) is 3.55. The van der Waals surface area contributed by atoms with E-state index in [1.807, 2.05) is 0 Å². The van der Waals surface area contributed by atoms with Crippen LogP contribution in [0.5, 0.6) is 0 Å². The van der Waals surface area contributed by atoms with Crippen molar-refractivity contribution >= 4 is 28.6 Å². The molecule has 18 heavy (non-hydrogen) atoms. The minimum atomic E-state index is -0.586. The van der Waals surface area contributed by atoms with Crippen LogP contribution in [0.1, 0.15) is 20.2 Å². The lowest BCUT2D eigenvalue weighted by Gasteiger charge is -2.00. The average molecular weight is 263 g/mol. The average Bonchev–Trinajstić information content (AvgIpc) is 2.67. The molecule has 7 heteroatoms. The Hall–Kier alpha value is -2.28. The second kappa shape index (κ2) is 4.53. The zero-order valence-electron chi connectivity index (χ0n) is 9.41. The third-order valence-corrected chi connectivity index (χ3v) is 3.30. The largest absolute Gasteiger partial charge is 0.382 e. The maximum absolute atomic E-state index is 12.2. The van der Waals surface area contributed by atoms with E-state index in [9.17, 15) is 14.9 Å². The molecule has 0 aliphatic heterocycles. The van der Waals surface area contributed by atoms with Gasteiger partial charge in [-0.05, 0) is 13.0 Å². The topological polar surface area (TPSA) is 99.1 Å². The van der Waals surface area contributed by atoms with E-state index < -0.39 is 10.7 Å². The van der Waals surface area contributed by atoms with E-state index in [4.69, 9.17) is 5.73 Å². The molecule has 1 heterocycles. The molecule has 0 spiro atoms. The lowest BCUT2D eigenvalue weighted by atomic mass is 10.1. The Morgan fingerprint density at radius 2 is 2.11 bits per heavy atom. The lowest BCUT2D eigenvalue weighted by molar-refractivity contribution is -0.385. The minimum absolute atomic E-state index is 0.0258. The number of aromatic nitrogens is 1. The molecule has 0 aliphatic carbocycles. The summed E-state index contributed by atoms with van der Waals surface area (Å²) in [6.45, 7) is 1.72. The third kappa shape index (κ3) is 2.07. The molecule has 2 N–H and O–H groups in total. The fourth-order valence-electron chi connectivity index (χ4n) is 1.55. The van der Waals surface area contributed by atoms with Gasteiger partial charge >= 0.3 is 0 Å². The summed E-state index contributed by atoms with van der Waals surface area (Å²) in [5.74, 6) is -0.356. The fraction of sp³-hybridized carbons (Fsp3) is 0.0909. The first-order valence-electron chi connectivity index (χ1n) is 5.01. The Morgan fingerprint density at radius 3 is 2.67 bits per heavy atom. The van der Waals surface area contributed by atoms with Crippen LogP contribution in [0.3, 0.4) is 0 Å². The van der Waals surface area contributed by atoms with Crippen LogP contribution in [0.25, 0.3) is 0 Å². The molecule has 0 saturated heterocycles. The van der Waals surface area contributed by atoms with Crippen molar-refractivity contribution in [2.24, 2.45) is 0 Å². The van der Waals surface area contributed by atoms with Gasteiger partial charge in [0.15, 0.2) is 0 Å². The summed E-state index contributed by atoms with van der Waals surface area (Å²) in [4.78, 5) is 26.6. The summed E-state index contributed by atoms with van der Waals surface area (Å²) in [5.41, 5.74) is 5.41. The maximum Gasteiger partial charge on any atom is 0.280 e. The van der Waals surface area contributed by atoms with E-state index in [0.29, 0.717) is 5.01 Å². The number of hydrogen-bond acceptors (Lipinski definition) is 6. The zero-order valence-corrected chi connectivity index (χ0v) is 10.2. The van der Waals surface area contributed by atoms with Crippen LogP contribution in [0.2, 0.25) is 0 Å². The highest BCUT2D eigenvalue weighted by molar-refractivity contribution is 7.14. The molecular weight excluding hydrogens is 254 g/mol. The number of nitrogens with two attached hydrogens (primary N) is 1. The highest BCUT2D eigenvalue weighted by Gasteiger charge is 2.24. The number of carbonyl (C=O) groups excluding carboxylic acids is 1. The number of rotatable bonds is 3. The van der Waals surface area contributed by atoms with E-state index in [2.05, 4.69) is 4.98 Å². The Bertz CT molecular complexity index is 636. The van der Waals surface area contributed by atoms with Gasteiger partial charge in [-0.2, -0.15) is 0 Å². The Balaban J connectivity index is 2.53. The van der Waals surface area contributed by atoms with Gasteiger partial charge in [0, 0.05) is 6.07 Å². The van der Waals surface area contributed by atoms with Crippen LogP contribution in [0.15, 0.2) is 24.3 Å². The number of hydrogen-bond donors (Lipinski definition) is 1. The van der Waals surface area contributed by atoms with Crippen molar-refractivity contribution in [3.8, 4) is 0 Å². The minimum Gasteiger partial charge on any atom is -0.382 e. The van der Waals surface area contributed by atoms with E-state index >= 15 is 0 Å². The second-order valence-corrected chi connectivity index (χ2v) is 4.75.